The first-order chi connectivity index (χ1) is 10.9. The molecule has 0 saturated carbocycles. The first-order valence-electron chi connectivity index (χ1n) is 8.08. The van der Waals surface area contributed by atoms with Crippen LogP contribution in [0.5, 0.6) is 5.75 Å². The van der Waals surface area contributed by atoms with Gasteiger partial charge in [0.2, 0.25) is 0 Å². The molecule has 116 valence electrons. The molecule has 0 heterocycles. The molecule has 2 aromatic carbocycles. The van der Waals surface area contributed by atoms with E-state index in [1.807, 2.05) is 18.2 Å². The van der Waals surface area contributed by atoms with Crippen molar-refractivity contribution < 1.29 is 9.53 Å². The Bertz CT molecular complexity index is 531. The Morgan fingerprint density at radius 3 is 2.18 bits per heavy atom. The van der Waals surface area contributed by atoms with Crippen LogP contribution in [0.1, 0.15) is 36.8 Å². The second kappa shape index (κ2) is 9.78. The molecular weight excluding hydrogens is 272 g/mol. The predicted molar refractivity (Wildman–Crippen MR) is 90.3 cm³/mol. The van der Waals surface area contributed by atoms with Gasteiger partial charge in [-0.05, 0) is 55.4 Å². The van der Waals surface area contributed by atoms with E-state index in [0.29, 0.717) is 6.42 Å². The molecule has 0 atom stereocenters. The standard InChI is InChI=1S/C20H24O2/c21-16-6-2-5-10-19-12-14-20(15-13-19)22-17-7-11-18-8-3-1-4-9-18/h1,3-4,8-9,12-16H,2,5-7,10-11,17H2. The van der Waals surface area contributed by atoms with Crippen molar-refractivity contribution in [2.75, 3.05) is 6.61 Å². The Morgan fingerprint density at radius 1 is 0.773 bits per heavy atom. The molecule has 0 unspecified atom stereocenters. The second-order valence-corrected chi connectivity index (χ2v) is 5.49. The van der Waals surface area contributed by atoms with E-state index >= 15 is 0 Å². The zero-order valence-electron chi connectivity index (χ0n) is 13.0. The monoisotopic (exact) mass is 296 g/mol. The number of aldehydes is 1. The largest absolute Gasteiger partial charge is 0.494 e. The zero-order chi connectivity index (χ0) is 15.5. The van der Waals surface area contributed by atoms with Crippen molar-refractivity contribution in [3.05, 3.63) is 65.7 Å². The summed E-state index contributed by atoms with van der Waals surface area (Å²) in [5, 5.41) is 0. The van der Waals surface area contributed by atoms with E-state index in [2.05, 4.69) is 36.4 Å². The van der Waals surface area contributed by atoms with Crippen molar-refractivity contribution in [1.82, 2.24) is 0 Å². The molecule has 0 aliphatic heterocycles. The number of aryl methyl sites for hydroxylation is 2. The van der Waals surface area contributed by atoms with Crippen LogP contribution in [0.15, 0.2) is 54.6 Å². The third-order valence-corrected chi connectivity index (χ3v) is 3.68. The van der Waals surface area contributed by atoms with E-state index in [9.17, 15) is 4.79 Å². The molecule has 2 rings (SSSR count). The van der Waals surface area contributed by atoms with E-state index in [1.165, 1.54) is 11.1 Å². The molecule has 0 aliphatic rings. The molecule has 22 heavy (non-hydrogen) atoms. The third-order valence-electron chi connectivity index (χ3n) is 3.68. The maximum Gasteiger partial charge on any atom is 0.119 e. The normalized spacial score (nSPS) is 10.4. The van der Waals surface area contributed by atoms with Crippen LogP contribution in [0.2, 0.25) is 0 Å². The maximum atomic E-state index is 10.3. The highest BCUT2D eigenvalue weighted by Gasteiger charge is 1.97. The van der Waals surface area contributed by atoms with Gasteiger partial charge < -0.3 is 9.53 Å². The molecule has 0 radical (unpaired) electrons. The fraction of sp³-hybridized carbons (Fsp3) is 0.350. The molecule has 2 nitrogen and oxygen atoms in total. The second-order valence-electron chi connectivity index (χ2n) is 5.49. The summed E-state index contributed by atoms with van der Waals surface area (Å²) >= 11 is 0. The molecule has 0 fully saturated rings. The average Bonchev–Trinajstić information content (AvgIpc) is 2.58. The SMILES string of the molecule is O=CCCCCc1ccc(OCCCc2ccccc2)cc1. The lowest BCUT2D eigenvalue weighted by Gasteiger charge is -2.07. The summed E-state index contributed by atoms with van der Waals surface area (Å²) in [4.78, 5) is 10.3. The molecule has 0 bridgehead atoms. The van der Waals surface area contributed by atoms with Crippen molar-refractivity contribution in [2.24, 2.45) is 0 Å². The van der Waals surface area contributed by atoms with E-state index in [4.69, 9.17) is 4.74 Å². The average molecular weight is 296 g/mol. The smallest absolute Gasteiger partial charge is 0.119 e. The molecule has 0 spiro atoms. The molecule has 0 amide bonds. The lowest BCUT2D eigenvalue weighted by Crippen LogP contribution is -1.99. The van der Waals surface area contributed by atoms with Crippen LogP contribution in [-0.4, -0.2) is 12.9 Å². The van der Waals surface area contributed by atoms with Crippen LogP contribution in [0.3, 0.4) is 0 Å². The minimum Gasteiger partial charge on any atom is -0.494 e. The summed E-state index contributed by atoms with van der Waals surface area (Å²) in [6.07, 6.45) is 6.81. The first-order valence-corrected chi connectivity index (χ1v) is 8.08. The van der Waals surface area contributed by atoms with Gasteiger partial charge in [0.1, 0.15) is 12.0 Å². The Kier molecular flexibility index (Phi) is 7.24. The highest BCUT2D eigenvalue weighted by Crippen LogP contribution is 2.15. The van der Waals surface area contributed by atoms with E-state index < -0.39 is 0 Å². The number of ether oxygens (including phenoxy) is 1. The lowest BCUT2D eigenvalue weighted by atomic mass is 10.1. The maximum absolute atomic E-state index is 10.3. The fourth-order valence-corrected chi connectivity index (χ4v) is 2.42. The molecule has 0 aliphatic carbocycles. The Hall–Kier alpha value is -2.09. The quantitative estimate of drug-likeness (QED) is 0.473. The van der Waals surface area contributed by atoms with E-state index in [1.54, 1.807) is 0 Å². The summed E-state index contributed by atoms with van der Waals surface area (Å²) < 4.78 is 5.78. The number of benzene rings is 2. The molecular formula is C20H24O2. The predicted octanol–water partition coefficient (Wildman–Crippen LogP) is 4.61. The van der Waals surface area contributed by atoms with Gasteiger partial charge >= 0.3 is 0 Å². The lowest BCUT2D eigenvalue weighted by molar-refractivity contribution is -0.107. The van der Waals surface area contributed by atoms with Crippen molar-refractivity contribution >= 4 is 6.29 Å². The van der Waals surface area contributed by atoms with Gasteiger partial charge in [-0.2, -0.15) is 0 Å². The summed E-state index contributed by atoms with van der Waals surface area (Å²) in [6, 6.07) is 18.8. The van der Waals surface area contributed by atoms with Crippen molar-refractivity contribution in [1.29, 1.82) is 0 Å². The van der Waals surface area contributed by atoms with Gasteiger partial charge in [-0.1, -0.05) is 42.5 Å². The van der Waals surface area contributed by atoms with Gasteiger partial charge in [0, 0.05) is 6.42 Å². The van der Waals surface area contributed by atoms with Crippen LogP contribution in [0.4, 0.5) is 0 Å². The number of carbonyl (C=O) groups excluding carboxylic acids is 1. The number of hydrogen-bond donors (Lipinski definition) is 0. The first kappa shape index (κ1) is 16.3. The van der Waals surface area contributed by atoms with Gasteiger partial charge in [0.05, 0.1) is 6.61 Å². The summed E-state index contributed by atoms with van der Waals surface area (Å²) in [5.74, 6) is 0.935. The number of rotatable bonds is 10. The van der Waals surface area contributed by atoms with Crippen LogP contribution in [-0.2, 0) is 17.6 Å². The van der Waals surface area contributed by atoms with Crippen molar-refractivity contribution in [2.45, 2.75) is 38.5 Å². The minimum atomic E-state index is 0.669. The number of carbonyl (C=O) groups is 1. The Morgan fingerprint density at radius 2 is 1.45 bits per heavy atom. The Labute approximate surface area is 133 Å². The molecule has 2 heteroatoms. The summed E-state index contributed by atoms with van der Waals surface area (Å²) in [5.41, 5.74) is 2.67. The minimum absolute atomic E-state index is 0.669. The number of unbranched alkanes of at least 4 members (excludes halogenated alkanes) is 2. The van der Waals surface area contributed by atoms with Crippen molar-refractivity contribution in [3.8, 4) is 5.75 Å². The van der Waals surface area contributed by atoms with Crippen LogP contribution >= 0.6 is 0 Å². The van der Waals surface area contributed by atoms with Gasteiger partial charge in [-0.25, -0.2) is 0 Å². The van der Waals surface area contributed by atoms with E-state index in [-0.39, 0.29) is 0 Å². The van der Waals surface area contributed by atoms with Crippen LogP contribution < -0.4 is 4.74 Å². The molecule has 0 N–H and O–H groups in total. The topological polar surface area (TPSA) is 26.3 Å². The molecule has 0 saturated heterocycles. The highest BCUT2D eigenvalue weighted by molar-refractivity contribution is 5.48. The summed E-state index contributed by atoms with van der Waals surface area (Å²) in [6.45, 7) is 0.744. The Balaban J connectivity index is 1.64. The zero-order valence-corrected chi connectivity index (χ0v) is 13.0. The van der Waals surface area contributed by atoms with Gasteiger partial charge in [-0.3, -0.25) is 0 Å². The summed E-state index contributed by atoms with van der Waals surface area (Å²) in [7, 11) is 0. The van der Waals surface area contributed by atoms with Gasteiger partial charge in [-0.15, -0.1) is 0 Å². The van der Waals surface area contributed by atoms with Gasteiger partial charge in [0.15, 0.2) is 0 Å². The van der Waals surface area contributed by atoms with Crippen LogP contribution in [0, 0.1) is 0 Å². The molecule has 0 aromatic heterocycles. The fourth-order valence-electron chi connectivity index (χ4n) is 2.42. The van der Waals surface area contributed by atoms with Crippen molar-refractivity contribution in [3.63, 3.8) is 0 Å². The van der Waals surface area contributed by atoms with Gasteiger partial charge in [0.25, 0.3) is 0 Å². The number of hydrogen-bond acceptors (Lipinski definition) is 2. The molecule has 2 aromatic rings. The highest BCUT2D eigenvalue weighted by atomic mass is 16.5. The van der Waals surface area contributed by atoms with E-state index in [0.717, 1.165) is 50.7 Å². The third kappa shape index (κ3) is 6.13. The van der Waals surface area contributed by atoms with Crippen LogP contribution in [0.25, 0.3) is 0 Å².